The van der Waals surface area contributed by atoms with Crippen molar-refractivity contribution < 1.29 is 4.84 Å². The molecule has 0 amide bonds. The Labute approximate surface area is 89.4 Å². The van der Waals surface area contributed by atoms with E-state index in [4.69, 9.17) is 4.84 Å². The molecule has 0 rings (SSSR count). The first-order chi connectivity index (χ1) is 6.74. The summed E-state index contributed by atoms with van der Waals surface area (Å²) in [5, 5.41) is 0. The van der Waals surface area contributed by atoms with Gasteiger partial charge in [-0.05, 0) is 19.3 Å². The fourth-order valence-corrected chi connectivity index (χ4v) is 2.12. The summed E-state index contributed by atoms with van der Waals surface area (Å²) >= 11 is 0. The van der Waals surface area contributed by atoms with Gasteiger partial charge in [-0.1, -0.05) is 47.0 Å². The molecule has 86 valence electrons. The molecule has 0 fully saturated rings. The van der Waals surface area contributed by atoms with Crippen molar-refractivity contribution in [3.05, 3.63) is 0 Å². The minimum absolute atomic E-state index is 0.0915. The molecule has 0 aromatic carbocycles. The van der Waals surface area contributed by atoms with Gasteiger partial charge in [0.2, 0.25) is 0 Å². The quantitative estimate of drug-likeness (QED) is 0.575. The molecule has 0 aliphatic heterocycles. The molecule has 0 unspecified atom stereocenters. The van der Waals surface area contributed by atoms with Gasteiger partial charge in [-0.25, -0.2) is 5.48 Å². The highest BCUT2D eigenvalue weighted by molar-refractivity contribution is 4.78. The third-order valence-electron chi connectivity index (χ3n) is 2.55. The highest BCUT2D eigenvalue weighted by atomic mass is 16.7. The van der Waals surface area contributed by atoms with E-state index in [2.05, 4.69) is 33.2 Å². The van der Waals surface area contributed by atoms with Crippen LogP contribution in [0.1, 0.15) is 66.2 Å². The molecular weight excluding hydrogens is 174 g/mol. The van der Waals surface area contributed by atoms with Gasteiger partial charge in [-0.3, -0.25) is 4.84 Å². The Kier molecular flexibility index (Phi) is 8.20. The Balaban J connectivity index is 4.21. The van der Waals surface area contributed by atoms with Gasteiger partial charge in [-0.15, -0.1) is 0 Å². The summed E-state index contributed by atoms with van der Waals surface area (Å²) in [4.78, 5) is 5.85. The standard InChI is InChI=1S/C12H27NO/c1-5-9-12(10-6-2,11-7-3)14-13-8-4/h13H,5-11H2,1-4H3. The van der Waals surface area contributed by atoms with Gasteiger partial charge in [0.25, 0.3) is 0 Å². The maximum absolute atomic E-state index is 5.85. The first-order valence-corrected chi connectivity index (χ1v) is 6.15. The van der Waals surface area contributed by atoms with Crippen molar-refractivity contribution in [1.29, 1.82) is 0 Å². The smallest absolute Gasteiger partial charge is 0.0896 e. The Hall–Kier alpha value is -0.0800. The van der Waals surface area contributed by atoms with Gasteiger partial charge < -0.3 is 0 Å². The zero-order valence-electron chi connectivity index (χ0n) is 10.4. The number of hydrogen-bond donors (Lipinski definition) is 1. The van der Waals surface area contributed by atoms with E-state index in [1.54, 1.807) is 0 Å². The van der Waals surface area contributed by atoms with E-state index in [9.17, 15) is 0 Å². The van der Waals surface area contributed by atoms with Crippen LogP contribution in [0, 0.1) is 0 Å². The molecule has 0 heterocycles. The molecule has 0 spiro atoms. The summed E-state index contributed by atoms with van der Waals surface area (Å²) in [6.07, 6.45) is 7.10. The van der Waals surface area contributed by atoms with Gasteiger partial charge in [0, 0.05) is 6.54 Å². The molecular formula is C12H27NO. The predicted octanol–water partition coefficient (Wildman–Crippen LogP) is 3.67. The van der Waals surface area contributed by atoms with E-state index in [0.717, 1.165) is 6.54 Å². The maximum Gasteiger partial charge on any atom is 0.0896 e. The zero-order chi connectivity index (χ0) is 10.9. The third-order valence-corrected chi connectivity index (χ3v) is 2.55. The van der Waals surface area contributed by atoms with E-state index in [0.29, 0.717) is 0 Å². The van der Waals surface area contributed by atoms with Crippen LogP contribution in [0.5, 0.6) is 0 Å². The highest BCUT2D eigenvalue weighted by Gasteiger charge is 2.28. The minimum Gasteiger partial charge on any atom is -0.295 e. The van der Waals surface area contributed by atoms with Crippen LogP contribution < -0.4 is 5.48 Å². The van der Waals surface area contributed by atoms with Crippen molar-refractivity contribution in [2.75, 3.05) is 6.54 Å². The summed E-state index contributed by atoms with van der Waals surface area (Å²) in [5.74, 6) is 0. The largest absolute Gasteiger partial charge is 0.295 e. The van der Waals surface area contributed by atoms with Crippen molar-refractivity contribution in [3.8, 4) is 0 Å². The number of hydrogen-bond acceptors (Lipinski definition) is 2. The van der Waals surface area contributed by atoms with Crippen LogP contribution in [-0.2, 0) is 4.84 Å². The lowest BCUT2D eigenvalue weighted by atomic mass is 9.88. The Morgan fingerprint density at radius 2 is 1.29 bits per heavy atom. The lowest BCUT2D eigenvalue weighted by Gasteiger charge is -2.33. The van der Waals surface area contributed by atoms with Crippen LogP contribution in [0.15, 0.2) is 0 Å². The molecule has 2 nitrogen and oxygen atoms in total. The Morgan fingerprint density at radius 1 is 0.857 bits per heavy atom. The topological polar surface area (TPSA) is 21.3 Å². The van der Waals surface area contributed by atoms with Crippen molar-refractivity contribution in [2.24, 2.45) is 0 Å². The van der Waals surface area contributed by atoms with Crippen molar-refractivity contribution in [3.63, 3.8) is 0 Å². The van der Waals surface area contributed by atoms with E-state index in [1.807, 2.05) is 0 Å². The van der Waals surface area contributed by atoms with Crippen molar-refractivity contribution >= 4 is 0 Å². The van der Waals surface area contributed by atoms with Crippen LogP contribution in [0.2, 0.25) is 0 Å². The molecule has 0 radical (unpaired) electrons. The van der Waals surface area contributed by atoms with Crippen molar-refractivity contribution in [1.82, 2.24) is 5.48 Å². The molecule has 0 bridgehead atoms. The van der Waals surface area contributed by atoms with Crippen LogP contribution in [0.3, 0.4) is 0 Å². The van der Waals surface area contributed by atoms with Gasteiger partial charge in [0.15, 0.2) is 0 Å². The van der Waals surface area contributed by atoms with Crippen LogP contribution in [0.4, 0.5) is 0 Å². The zero-order valence-corrected chi connectivity index (χ0v) is 10.4. The summed E-state index contributed by atoms with van der Waals surface area (Å²) in [7, 11) is 0. The van der Waals surface area contributed by atoms with Crippen LogP contribution in [0.25, 0.3) is 0 Å². The SMILES string of the molecule is CCCC(CCC)(CCC)ONCC. The number of nitrogens with one attached hydrogen (secondary N) is 1. The fourth-order valence-electron chi connectivity index (χ4n) is 2.12. The molecule has 2 heteroatoms. The number of rotatable bonds is 9. The Morgan fingerprint density at radius 3 is 1.57 bits per heavy atom. The van der Waals surface area contributed by atoms with Gasteiger partial charge in [0.05, 0.1) is 5.60 Å². The summed E-state index contributed by atoms with van der Waals surface area (Å²) < 4.78 is 0. The number of hydroxylamine groups is 1. The molecule has 0 saturated carbocycles. The van der Waals surface area contributed by atoms with Crippen molar-refractivity contribution in [2.45, 2.75) is 71.8 Å². The molecule has 0 saturated heterocycles. The molecule has 1 N–H and O–H groups in total. The first-order valence-electron chi connectivity index (χ1n) is 6.15. The second-order valence-corrected chi connectivity index (χ2v) is 4.03. The van der Waals surface area contributed by atoms with Gasteiger partial charge in [-0.2, -0.15) is 0 Å². The van der Waals surface area contributed by atoms with Crippen LogP contribution >= 0.6 is 0 Å². The van der Waals surface area contributed by atoms with E-state index < -0.39 is 0 Å². The average molecular weight is 201 g/mol. The van der Waals surface area contributed by atoms with E-state index in [1.165, 1.54) is 38.5 Å². The highest BCUT2D eigenvalue weighted by Crippen LogP contribution is 2.28. The minimum atomic E-state index is 0.0915. The molecule has 0 aromatic rings. The molecule has 0 aromatic heterocycles. The lowest BCUT2D eigenvalue weighted by molar-refractivity contribution is -0.120. The summed E-state index contributed by atoms with van der Waals surface area (Å²) in [6, 6.07) is 0. The molecule has 0 aliphatic carbocycles. The fraction of sp³-hybridized carbons (Fsp3) is 1.00. The molecule has 0 atom stereocenters. The normalized spacial score (nSPS) is 12.0. The predicted molar refractivity (Wildman–Crippen MR) is 62.2 cm³/mol. The third kappa shape index (κ3) is 4.97. The molecule has 0 aliphatic rings. The van der Waals surface area contributed by atoms with Gasteiger partial charge >= 0.3 is 0 Å². The molecule has 14 heavy (non-hydrogen) atoms. The van der Waals surface area contributed by atoms with Gasteiger partial charge in [0.1, 0.15) is 0 Å². The van der Waals surface area contributed by atoms with E-state index >= 15 is 0 Å². The maximum atomic E-state index is 5.85. The van der Waals surface area contributed by atoms with E-state index in [-0.39, 0.29) is 5.60 Å². The monoisotopic (exact) mass is 201 g/mol. The first kappa shape index (κ1) is 13.9. The second kappa shape index (κ2) is 8.25. The lowest BCUT2D eigenvalue weighted by Crippen LogP contribution is -2.38. The Bertz CT molecular complexity index is 108. The summed E-state index contributed by atoms with van der Waals surface area (Å²) in [6.45, 7) is 9.66. The summed E-state index contributed by atoms with van der Waals surface area (Å²) in [5.41, 5.74) is 3.14. The second-order valence-electron chi connectivity index (χ2n) is 4.03. The average Bonchev–Trinajstić information content (AvgIpc) is 2.16. The van der Waals surface area contributed by atoms with Crippen LogP contribution in [-0.4, -0.2) is 12.1 Å².